The van der Waals surface area contributed by atoms with Crippen LogP contribution in [0.5, 0.6) is 0 Å². The minimum absolute atomic E-state index is 0.0601. The highest BCUT2D eigenvalue weighted by Crippen LogP contribution is 2.42. The van der Waals surface area contributed by atoms with Crippen molar-refractivity contribution in [3.63, 3.8) is 0 Å². The topological polar surface area (TPSA) is 69.6 Å². The molecule has 9 heteroatoms. The van der Waals surface area contributed by atoms with E-state index in [0.717, 1.165) is 0 Å². The van der Waals surface area contributed by atoms with Crippen molar-refractivity contribution in [1.82, 2.24) is 24.7 Å². The molecule has 0 unspecified atom stereocenters. The van der Waals surface area contributed by atoms with Crippen LogP contribution in [0.1, 0.15) is 5.76 Å². The van der Waals surface area contributed by atoms with Crippen LogP contribution in [0, 0.1) is 0 Å². The second-order valence-corrected chi connectivity index (χ2v) is 5.31. The normalized spacial score (nSPS) is 11.7. The molecule has 4 rings (SSSR count). The van der Waals surface area contributed by atoms with Crippen LogP contribution in [0.3, 0.4) is 0 Å². The van der Waals surface area contributed by atoms with Crippen LogP contribution >= 0.6 is 0 Å². The second-order valence-electron chi connectivity index (χ2n) is 5.31. The summed E-state index contributed by atoms with van der Waals surface area (Å²) in [5.74, 6) is -0.909. The Morgan fingerprint density at radius 2 is 1.65 bits per heavy atom. The Bertz CT molecular complexity index is 1030. The highest BCUT2D eigenvalue weighted by Gasteiger charge is 2.41. The van der Waals surface area contributed by atoms with Crippen molar-refractivity contribution in [1.29, 1.82) is 0 Å². The van der Waals surface area contributed by atoms with Gasteiger partial charge in [-0.2, -0.15) is 13.2 Å². The largest absolute Gasteiger partial charge is 0.453 e. The van der Waals surface area contributed by atoms with Crippen LogP contribution in [-0.4, -0.2) is 24.7 Å². The van der Waals surface area contributed by atoms with Crippen molar-refractivity contribution < 1.29 is 17.7 Å². The first-order chi connectivity index (χ1) is 12.5. The maximum Gasteiger partial charge on any atom is 0.453 e. The standard InChI is InChI=1S/C17H10F3N5O/c18-17(19,20)15-13(14(24-26-15)11-5-2-1-3-6-11)12-9-25(10-23-12)16-21-7-4-8-22-16/h1-10H. The molecule has 4 aromatic rings. The molecule has 0 N–H and O–H groups in total. The van der Waals surface area contributed by atoms with Crippen LogP contribution in [0.4, 0.5) is 13.2 Å². The molecule has 0 aliphatic carbocycles. The van der Waals surface area contributed by atoms with Crippen molar-refractivity contribution in [3.8, 4) is 28.5 Å². The Balaban J connectivity index is 1.88. The lowest BCUT2D eigenvalue weighted by Gasteiger charge is -2.04. The molecular formula is C17H10F3N5O. The Kier molecular flexibility index (Phi) is 3.76. The molecule has 0 saturated heterocycles. The average Bonchev–Trinajstić information content (AvgIpc) is 3.30. The fourth-order valence-corrected chi connectivity index (χ4v) is 2.50. The molecule has 0 radical (unpaired) electrons. The van der Waals surface area contributed by atoms with E-state index >= 15 is 0 Å². The molecule has 3 heterocycles. The highest BCUT2D eigenvalue weighted by atomic mass is 19.4. The molecule has 3 aromatic heterocycles. The van der Waals surface area contributed by atoms with E-state index in [1.165, 1.54) is 29.5 Å². The van der Waals surface area contributed by atoms with Gasteiger partial charge in [0.1, 0.15) is 12.0 Å². The quantitative estimate of drug-likeness (QED) is 0.554. The number of benzene rings is 1. The zero-order valence-corrected chi connectivity index (χ0v) is 13.1. The van der Waals surface area contributed by atoms with Gasteiger partial charge in [-0.1, -0.05) is 35.5 Å². The number of imidazole rings is 1. The fourth-order valence-electron chi connectivity index (χ4n) is 2.50. The van der Waals surface area contributed by atoms with Crippen molar-refractivity contribution in [3.05, 3.63) is 67.1 Å². The summed E-state index contributed by atoms with van der Waals surface area (Å²) in [5, 5.41) is 3.64. The smallest absolute Gasteiger partial charge is 0.350 e. The van der Waals surface area contributed by atoms with Gasteiger partial charge in [0.05, 0.1) is 11.3 Å². The lowest BCUT2D eigenvalue weighted by Crippen LogP contribution is -2.05. The maximum atomic E-state index is 13.4. The van der Waals surface area contributed by atoms with Crippen molar-refractivity contribution in [2.75, 3.05) is 0 Å². The number of rotatable bonds is 3. The number of alkyl halides is 3. The second kappa shape index (κ2) is 6.10. The summed E-state index contributed by atoms with van der Waals surface area (Å²) < 4.78 is 46.3. The summed E-state index contributed by atoms with van der Waals surface area (Å²) in [6.45, 7) is 0. The molecule has 0 saturated carbocycles. The summed E-state index contributed by atoms with van der Waals surface area (Å²) in [6.07, 6.45) is 1.09. The molecule has 0 amide bonds. The Hall–Kier alpha value is -3.49. The van der Waals surface area contributed by atoms with Crippen molar-refractivity contribution in [2.24, 2.45) is 0 Å². The number of hydrogen-bond acceptors (Lipinski definition) is 5. The fraction of sp³-hybridized carbons (Fsp3) is 0.0588. The lowest BCUT2D eigenvalue weighted by atomic mass is 10.0. The predicted molar refractivity (Wildman–Crippen MR) is 85.1 cm³/mol. The number of halogens is 3. The molecular weight excluding hydrogens is 347 g/mol. The summed E-state index contributed by atoms with van der Waals surface area (Å²) in [5.41, 5.74) is 0.396. The molecule has 26 heavy (non-hydrogen) atoms. The molecule has 0 aliphatic rings. The molecule has 0 fully saturated rings. The van der Waals surface area contributed by atoms with E-state index in [2.05, 4.69) is 24.6 Å². The van der Waals surface area contributed by atoms with Crippen LogP contribution < -0.4 is 0 Å². The van der Waals surface area contributed by atoms with E-state index < -0.39 is 11.9 Å². The third-order valence-corrected chi connectivity index (χ3v) is 3.62. The van der Waals surface area contributed by atoms with Gasteiger partial charge in [0.25, 0.3) is 0 Å². The minimum Gasteiger partial charge on any atom is -0.350 e. The summed E-state index contributed by atoms with van der Waals surface area (Å²) in [6, 6.07) is 10.1. The minimum atomic E-state index is -4.71. The summed E-state index contributed by atoms with van der Waals surface area (Å²) in [7, 11) is 0. The van der Waals surface area contributed by atoms with Gasteiger partial charge in [-0.05, 0) is 6.07 Å². The number of hydrogen-bond donors (Lipinski definition) is 0. The average molecular weight is 357 g/mol. The molecule has 1 aromatic carbocycles. The monoisotopic (exact) mass is 357 g/mol. The van der Waals surface area contributed by atoms with E-state index in [1.807, 2.05) is 0 Å². The van der Waals surface area contributed by atoms with Crippen LogP contribution in [0.15, 0.2) is 65.8 Å². The van der Waals surface area contributed by atoms with Crippen molar-refractivity contribution in [2.45, 2.75) is 6.18 Å². The Morgan fingerprint density at radius 3 is 2.35 bits per heavy atom. The number of aromatic nitrogens is 5. The lowest BCUT2D eigenvalue weighted by molar-refractivity contribution is -0.154. The van der Waals surface area contributed by atoms with Crippen molar-refractivity contribution >= 4 is 0 Å². The van der Waals surface area contributed by atoms with Gasteiger partial charge in [0.2, 0.25) is 11.7 Å². The SMILES string of the molecule is FC(F)(F)c1onc(-c2ccccc2)c1-c1cn(-c2ncccn2)cn1. The third-order valence-electron chi connectivity index (χ3n) is 3.62. The van der Waals surface area contributed by atoms with Gasteiger partial charge in [-0.25, -0.2) is 15.0 Å². The molecule has 0 spiro atoms. The molecule has 6 nitrogen and oxygen atoms in total. The van der Waals surface area contributed by atoms with Gasteiger partial charge in [-0.3, -0.25) is 4.57 Å². The van der Waals surface area contributed by atoms with E-state index in [4.69, 9.17) is 0 Å². The van der Waals surface area contributed by atoms with E-state index in [0.29, 0.717) is 5.56 Å². The summed E-state index contributed by atoms with van der Waals surface area (Å²) >= 11 is 0. The molecule has 0 bridgehead atoms. The van der Waals surface area contributed by atoms with Gasteiger partial charge in [-0.15, -0.1) is 0 Å². The first-order valence-electron chi connectivity index (χ1n) is 7.48. The summed E-state index contributed by atoms with van der Waals surface area (Å²) in [4.78, 5) is 12.2. The molecule has 0 atom stereocenters. The Labute approximate surface area is 145 Å². The highest BCUT2D eigenvalue weighted by molar-refractivity contribution is 5.80. The number of nitrogens with zero attached hydrogens (tertiary/aromatic N) is 5. The first kappa shape index (κ1) is 16.0. The zero-order chi connectivity index (χ0) is 18.1. The van der Waals surface area contributed by atoms with Gasteiger partial charge >= 0.3 is 6.18 Å². The third kappa shape index (κ3) is 2.83. The molecule has 130 valence electrons. The van der Waals surface area contributed by atoms with Gasteiger partial charge in [0.15, 0.2) is 0 Å². The van der Waals surface area contributed by atoms with Gasteiger partial charge < -0.3 is 4.52 Å². The van der Waals surface area contributed by atoms with E-state index in [1.54, 1.807) is 36.4 Å². The van der Waals surface area contributed by atoms with E-state index in [-0.39, 0.29) is 22.9 Å². The van der Waals surface area contributed by atoms with Crippen LogP contribution in [-0.2, 0) is 6.18 Å². The predicted octanol–water partition coefficient (Wildman–Crippen LogP) is 4.00. The van der Waals surface area contributed by atoms with Gasteiger partial charge in [0, 0.05) is 24.2 Å². The first-order valence-corrected chi connectivity index (χ1v) is 7.48. The zero-order valence-electron chi connectivity index (χ0n) is 13.1. The molecule has 0 aliphatic heterocycles. The van der Waals surface area contributed by atoms with E-state index in [9.17, 15) is 13.2 Å². The van der Waals surface area contributed by atoms with Crippen LogP contribution in [0.2, 0.25) is 0 Å². The van der Waals surface area contributed by atoms with Crippen LogP contribution in [0.25, 0.3) is 28.5 Å². The maximum absolute atomic E-state index is 13.4. The Morgan fingerprint density at radius 1 is 0.923 bits per heavy atom.